The molecule has 0 aliphatic heterocycles. The number of benzene rings is 2. The van der Waals surface area contributed by atoms with Gasteiger partial charge in [-0.1, -0.05) is 115 Å². The minimum absolute atomic E-state index is 0.193. The smallest absolute Gasteiger partial charge is 0.265 e. The van der Waals surface area contributed by atoms with E-state index >= 15 is 0 Å². The molecule has 0 heterocycles. The third kappa shape index (κ3) is 12.2. The Hall–Kier alpha value is -2.20. The molecule has 1 atom stereocenters. The van der Waals surface area contributed by atoms with Crippen LogP contribution in [0.5, 0.6) is 5.75 Å². The molecule has 5 heteroatoms. The monoisotopic (exact) mass is 514 g/mol. The molecule has 0 aromatic heterocycles. The summed E-state index contributed by atoms with van der Waals surface area (Å²) in [5.41, 5.74) is 8.15. The zero-order valence-electron chi connectivity index (χ0n) is 22.5. The Balaban J connectivity index is 1.63. The maximum absolute atomic E-state index is 12.7. The average Bonchev–Trinajstić information content (AvgIpc) is 2.87. The Bertz CT molecular complexity index is 887. The summed E-state index contributed by atoms with van der Waals surface area (Å²) in [4.78, 5) is 12.7. The number of aryl methyl sites for hydroxylation is 1. The van der Waals surface area contributed by atoms with Crippen molar-refractivity contribution in [3.63, 3.8) is 0 Å². The lowest BCUT2D eigenvalue weighted by Crippen LogP contribution is -2.32. The fourth-order valence-corrected chi connectivity index (χ4v) is 4.57. The number of unbranched alkanes of at least 4 members (excludes halogenated alkanes) is 12. The van der Waals surface area contributed by atoms with Gasteiger partial charge in [0.25, 0.3) is 5.91 Å². The van der Waals surface area contributed by atoms with E-state index in [1.54, 1.807) is 18.2 Å². The standard InChI is InChI=1S/C31H47ClN2O2/c1-3-5-6-7-8-9-10-11-12-13-14-15-16-18-25-19-17-20-27(23-25)36-30(4-2)31(35)34-26-21-22-28(32)29(33)24-26/h17,19-24,30H,3-16,18,33H2,1-2H3,(H,34,35)/t30-/m0/s1. The molecule has 0 saturated carbocycles. The molecule has 200 valence electrons. The van der Waals surface area contributed by atoms with Crippen molar-refractivity contribution in [2.24, 2.45) is 0 Å². The van der Waals surface area contributed by atoms with Crippen LogP contribution >= 0.6 is 11.6 Å². The number of hydrogen-bond donors (Lipinski definition) is 2. The Morgan fingerprint density at radius 3 is 2.06 bits per heavy atom. The van der Waals surface area contributed by atoms with Gasteiger partial charge in [-0.15, -0.1) is 0 Å². The van der Waals surface area contributed by atoms with Crippen molar-refractivity contribution in [3.8, 4) is 5.75 Å². The number of ether oxygens (including phenoxy) is 1. The summed E-state index contributed by atoms with van der Waals surface area (Å²) in [5.74, 6) is 0.543. The molecule has 1 amide bonds. The maximum Gasteiger partial charge on any atom is 0.265 e. The summed E-state index contributed by atoms with van der Waals surface area (Å²) in [7, 11) is 0. The second kappa shape index (κ2) is 18.1. The number of rotatable bonds is 19. The van der Waals surface area contributed by atoms with Gasteiger partial charge in [0.15, 0.2) is 6.10 Å². The van der Waals surface area contributed by atoms with E-state index in [-0.39, 0.29) is 5.91 Å². The van der Waals surface area contributed by atoms with Gasteiger partial charge in [-0.2, -0.15) is 0 Å². The lowest BCUT2D eigenvalue weighted by molar-refractivity contribution is -0.122. The van der Waals surface area contributed by atoms with E-state index in [1.165, 1.54) is 89.0 Å². The molecule has 0 radical (unpaired) electrons. The van der Waals surface area contributed by atoms with Crippen LogP contribution in [0.25, 0.3) is 0 Å². The highest BCUT2D eigenvalue weighted by atomic mass is 35.5. The zero-order chi connectivity index (χ0) is 26.0. The lowest BCUT2D eigenvalue weighted by atomic mass is 10.0. The molecule has 0 unspecified atom stereocenters. The first-order valence-corrected chi connectivity index (χ1v) is 14.5. The van der Waals surface area contributed by atoms with Crippen molar-refractivity contribution < 1.29 is 9.53 Å². The molecular weight excluding hydrogens is 468 g/mol. The fraction of sp³-hybridized carbons (Fsp3) is 0.581. The van der Waals surface area contributed by atoms with E-state index in [0.29, 0.717) is 22.8 Å². The topological polar surface area (TPSA) is 64.3 Å². The van der Waals surface area contributed by atoms with Crippen LogP contribution in [-0.2, 0) is 11.2 Å². The zero-order valence-corrected chi connectivity index (χ0v) is 23.3. The molecule has 2 rings (SSSR count). The van der Waals surface area contributed by atoms with Crippen molar-refractivity contribution in [1.82, 2.24) is 0 Å². The van der Waals surface area contributed by atoms with Gasteiger partial charge in [0, 0.05) is 5.69 Å². The van der Waals surface area contributed by atoms with Crippen molar-refractivity contribution in [2.75, 3.05) is 11.1 Å². The average molecular weight is 515 g/mol. The van der Waals surface area contributed by atoms with Crippen LogP contribution in [0.3, 0.4) is 0 Å². The van der Waals surface area contributed by atoms with E-state index in [4.69, 9.17) is 22.1 Å². The summed E-state index contributed by atoms with van der Waals surface area (Å²) in [5, 5.41) is 3.34. The van der Waals surface area contributed by atoms with Crippen LogP contribution in [0.1, 0.15) is 109 Å². The Morgan fingerprint density at radius 1 is 0.861 bits per heavy atom. The van der Waals surface area contributed by atoms with Gasteiger partial charge < -0.3 is 15.8 Å². The third-order valence-corrected chi connectivity index (χ3v) is 7.02. The molecule has 0 aliphatic carbocycles. The Kier molecular flexibility index (Phi) is 15.1. The molecule has 0 bridgehead atoms. The second-order valence-corrected chi connectivity index (χ2v) is 10.3. The maximum atomic E-state index is 12.7. The highest BCUT2D eigenvalue weighted by Crippen LogP contribution is 2.23. The molecule has 4 nitrogen and oxygen atoms in total. The van der Waals surface area contributed by atoms with Crippen LogP contribution in [0.2, 0.25) is 5.02 Å². The van der Waals surface area contributed by atoms with E-state index < -0.39 is 6.10 Å². The van der Waals surface area contributed by atoms with Crippen LogP contribution in [-0.4, -0.2) is 12.0 Å². The van der Waals surface area contributed by atoms with Gasteiger partial charge in [-0.05, 0) is 55.2 Å². The van der Waals surface area contributed by atoms with E-state index in [9.17, 15) is 4.79 Å². The molecule has 0 spiro atoms. The van der Waals surface area contributed by atoms with Gasteiger partial charge in [0.1, 0.15) is 5.75 Å². The van der Waals surface area contributed by atoms with E-state index in [2.05, 4.69) is 24.4 Å². The van der Waals surface area contributed by atoms with Gasteiger partial charge in [-0.3, -0.25) is 4.79 Å². The first-order chi connectivity index (χ1) is 17.5. The van der Waals surface area contributed by atoms with E-state index in [1.807, 2.05) is 19.1 Å². The largest absolute Gasteiger partial charge is 0.481 e. The number of anilines is 2. The lowest BCUT2D eigenvalue weighted by Gasteiger charge is -2.18. The minimum atomic E-state index is -0.575. The first-order valence-electron chi connectivity index (χ1n) is 14.1. The molecule has 2 aromatic rings. The fourth-order valence-electron chi connectivity index (χ4n) is 4.45. The van der Waals surface area contributed by atoms with Crippen LogP contribution < -0.4 is 15.8 Å². The molecular formula is C31H47ClN2O2. The summed E-state index contributed by atoms with van der Waals surface area (Å²) in [6, 6.07) is 13.2. The number of nitrogens with two attached hydrogens (primary N) is 1. The van der Waals surface area contributed by atoms with Crippen molar-refractivity contribution in [3.05, 3.63) is 53.1 Å². The number of nitrogens with one attached hydrogen (secondary N) is 1. The molecule has 2 aromatic carbocycles. The quantitative estimate of drug-likeness (QED) is 0.145. The number of carbonyl (C=O) groups is 1. The molecule has 0 fully saturated rings. The first kappa shape index (κ1) is 30.0. The molecule has 0 saturated heterocycles. The third-order valence-electron chi connectivity index (χ3n) is 6.67. The SMILES string of the molecule is CCCCCCCCCCCCCCCc1cccc(O[C@@H](CC)C(=O)Nc2ccc(Cl)c(N)c2)c1. The molecule has 0 aliphatic rings. The van der Waals surface area contributed by atoms with Crippen molar-refractivity contribution in [1.29, 1.82) is 0 Å². The van der Waals surface area contributed by atoms with E-state index in [0.717, 1.165) is 12.2 Å². The van der Waals surface area contributed by atoms with Gasteiger partial charge in [0.2, 0.25) is 0 Å². The second-order valence-electron chi connectivity index (χ2n) is 9.88. The summed E-state index contributed by atoms with van der Waals surface area (Å²) < 4.78 is 6.04. The highest BCUT2D eigenvalue weighted by molar-refractivity contribution is 6.33. The predicted molar refractivity (Wildman–Crippen MR) is 155 cm³/mol. The van der Waals surface area contributed by atoms with Gasteiger partial charge in [-0.25, -0.2) is 0 Å². The minimum Gasteiger partial charge on any atom is -0.481 e. The molecule has 36 heavy (non-hydrogen) atoms. The Morgan fingerprint density at radius 2 is 1.47 bits per heavy atom. The van der Waals surface area contributed by atoms with Crippen molar-refractivity contribution >= 4 is 28.9 Å². The summed E-state index contributed by atoms with van der Waals surface area (Å²) in [6.07, 6.45) is 18.8. The molecule has 3 N–H and O–H groups in total. The van der Waals surface area contributed by atoms with Crippen LogP contribution in [0.15, 0.2) is 42.5 Å². The number of hydrogen-bond acceptors (Lipinski definition) is 3. The number of amides is 1. The highest BCUT2D eigenvalue weighted by Gasteiger charge is 2.19. The van der Waals surface area contributed by atoms with Crippen LogP contribution in [0.4, 0.5) is 11.4 Å². The van der Waals surface area contributed by atoms with Crippen molar-refractivity contribution in [2.45, 2.75) is 116 Å². The summed E-state index contributed by atoms with van der Waals surface area (Å²) >= 11 is 5.97. The Labute approximate surface area is 224 Å². The van der Waals surface area contributed by atoms with Crippen LogP contribution in [0, 0.1) is 0 Å². The van der Waals surface area contributed by atoms with Gasteiger partial charge >= 0.3 is 0 Å². The number of halogens is 1. The summed E-state index contributed by atoms with van der Waals surface area (Å²) in [6.45, 7) is 4.22. The number of carbonyl (C=O) groups excluding carboxylic acids is 1. The predicted octanol–water partition coefficient (Wildman–Crippen LogP) is 9.35. The normalized spacial score (nSPS) is 11.9. The number of nitrogen functional groups attached to an aromatic ring is 1. The van der Waals surface area contributed by atoms with Gasteiger partial charge in [0.05, 0.1) is 10.7 Å².